The lowest BCUT2D eigenvalue weighted by Crippen LogP contribution is -2.17. The summed E-state index contributed by atoms with van der Waals surface area (Å²) in [6.07, 6.45) is 5.99. The number of carbonyl (C=O) groups is 1. The van der Waals surface area contributed by atoms with Crippen LogP contribution in [0.15, 0.2) is 30.5 Å². The molecule has 0 fully saturated rings. The zero-order chi connectivity index (χ0) is 9.26. The minimum Gasteiger partial charge on any atom is -0.250 e. The van der Waals surface area contributed by atoms with Gasteiger partial charge in [-0.05, 0) is 12.1 Å². The zero-order valence-corrected chi connectivity index (χ0v) is 7.19. The number of pyridine rings is 1. The number of aromatic nitrogens is 1. The summed E-state index contributed by atoms with van der Waals surface area (Å²) in [6, 6.07) is 5.57. The van der Waals surface area contributed by atoms with Crippen LogP contribution in [-0.2, 0) is 4.79 Å². The molecule has 2 rings (SSSR count). The van der Waals surface area contributed by atoms with E-state index in [0.29, 0.717) is 0 Å². The summed E-state index contributed by atoms with van der Waals surface area (Å²) in [7, 11) is 1.71. The van der Waals surface area contributed by atoms with Crippen LogP contribution >= 0.6 is 0 Å². The van der Waals surface area contributed by atoms with E-state index in [-0.39, 0.29) is 5.91 Å². The van der Waals surface area contributed by atoms with E-state index >= 15 is 0 Å². The lowest BCUT2D eigenvalue weighted by Gasteiger charge is -1.92. The van der Waals surface area contributed by atoms with Gasteiger partial charge in [0, 0.05) is 6.20 Å². The monoisotopic (exact) mass is 172 g/mol. The lowest BCUT2D eigenvalue weighted by molar-refractivity contribution is -0.409. The van der Waals surface area contributed by atoms with Crippen molar-refractivity contribution in [1.29, 1.82) is 0 Å². The van der Waals surface area contributed by atoms with Gasteiger partial charge in [0.25, 0.3) is 0 Å². The highest BCUT2D eigenvalue weighted by molar-refractivity contribution is 6.09. The second-order valence-electron chi connectivity index (χ2n) is 2.75. The van der Waals surface area contributed by atoms with Gasteiger partial charge in [-0.2, -0.15) is 4.58 Å². The average molecular weight is 172 g/mol. The molecule has 1 aliphatic heterocycles. The highest BCUT2D eigenvalue weighted by Gasteiger charge is 2.24. The normalized spacial score (nSPS) is 15.6. The van der Waals surface area contributed by atoms with Gasteiger partial charge in [-0.1, -0.05) is 6.07 Å². The lowest BCUT2D eigenvalue weighted by atomic mass is 10.2. The van der Waals surface area contributed by atoms with Crippen molar-refractivity contribution in [2.45, 2.75) is 0 Å². The Kier molecular flexibility index (Phi) is 1.77. The molecule has 0 spiro atoms. The Labute approximate surface area is 76.0 Å². The summed E-state index contributed by atoms with van der Waals surface area (Å²) in [6.45, 7) is 0. The van der Waals surface area contributed by atoms with Crippen LogP contribution in [0.25, 0.3) is 0 Å². The van der Waals surface area contributed by atoms with Gasteiger partial charge in [0.15, 0.2) is 0 Å². The van der Waals surface area contributed by atoms with Crippen molar-refractivity contribution in [3.63, 3.8) is 0 Å². The summed E-state index contributed by atoms with van der Waals surface area (Å²) >= 11 is 0. The van der Waals surface area contributed by atoms with Crippen LogP contribution in [0.1, 0.15) is 5.69 Å². The standard InChI is InChI=1S/C10H8N2O/c1-12-9(5-6-10(12)13)8-4-2-3-7-11-8/h2-4,6-7H,1H3/q+1. The Balaban J connectivity index is 2.50. The van der Waals surface area contributed by atoms with Crippen LogP contribution in [0.2, 0.25) is 0 Å². The van der Waals surface area contributed by atoms with E-state index in [1.165, 1.54) is 10.7 Å². The average Bonchev–Trinajstić information content (AvgIpc) is 2.49. The fourth-order valence-electron chi connectivity index (χ4n) is 1.18. The molecule has 0 saturated carbocycles. The molecule has 1 radical (unpaired) electrons. The molecule has 1 aromatic rings. The molecular formula is C10H8N2O+. The third kappa shape index (κ3) is 1.28. The smallest absolute Gasteiger partial charge is 0.250 e. The molecular weight excluding hydrogens is 164 g/mol. The van der Waals surface area contributed by atoms with Gasteiger partial charge in [-0.3, -0.25) is 0 Å². The summed E-state index contributed by atoms with van der Waals surface area (Å²) < 4.78 is 1.53. The van der Waals surface area contributed by atoms with Crippen molar-refractivity contribution in [3.8, 4) is 0 Å². The molecule has 0 aliphatic carbocycles. The molecule has 0 aromatic carbocycles. The Bertz CT molecular complexity index is 404. The summed E-state index contributed by atoms with van der Waals surface area (Å²) in [5.41, 5.74) is 1.50. The van der Waals surface area contributed by atoms with Crippen molar-refractivity contribution < 1.29 is 9.37 Å². The third-order valence-electron chi connectivity index (χ3n) is 1.91. The first-order chi connectivity index (χ1) is 6.29. The van der Waals surface area contributed by atoms with Crippen molar-refractivity contribution in [2.75, 3.05) is 7.05 Å². The van der Waals surface area contributed by atoms with E-state index in [1.807, 2.05) is 18.2 Å². The molecule has 0 bridgehead atoms. The van der Waals surface area contributed by atoms with Gasteiger partial charge in [0.05, 0.1) is 12.2 Å². The van der Waals surface area contributed by atoms with Gasteiger partial charge >= 0.3 is 5.91 Å². The molecule has 3 heteroatoms. The van der Waals surface area contributed by atoms with Crippen LogP contribution in [0.5, 0.6) is 0 Å². The van der Waals surface area contributed by atoms with Crippen molar-refractivity contribution >= 4 is 11.6 Å². The van der Waals surface area contributed by atoms with Crippen LogP contribution in [0, 0.1) is 6.08 Å². The maximum absolute atomic E-state index is 11.1. The van der Waals surface area contributed by atoms with Crippen LogP contribution in [-0.4, -0.2) is 28.2 Å². The Hall–Kier alpha value is -1.77. The molecule has 0 atom stereocenters. The number of amides is 1. The van der Waals surface area contributed by atoms with Gasteiger partial charge in [0.1, 0.15) is 12.7 Å². The molecule has 3 nitrogen and oxygen atoms in total. The number of hydrogen-bond donors (Lipinski definition) is 0. The predicted molar refractivity (Wildman–Crippen MR) is 47.4 cm³/mol. The van der Waals surface area contributed by atoms with E-state index in [4.69, 9.17) is 0 Å². The van der Waals surface area contributed by atoms with Crippen molar-refractivity contribution in [3.05, 3.63) is 42.2 Å². The second-order valence-corrected chi connectivity index (χ2v) is 2.75. The molecule has 1 aromatic heterocycles. The minimum atomic E-state index is -0.0550. The molecule has 63 valence electrons. The molecule has 2 heterocycles. The van der Waals surface area contributed by atoms with Crippen LogP contribution < -0.4 is 0 Å². The van der Waals surface area contributed by atoms with Gasteiger partial charge < -0.3 is 0 Å². The minimum absolute atomic E-state index is 0.0550. The summed E-state index contributed by atoms with van der Waals surface area (Å²) in [4.78, 5) is 15.2. The van der Waals surface area contributed by atoms with Gasteiger partial charge in [-0.15, -0.1) is 0 Å². The van der Waals surface area contributed by atoms with E-state index in [1.54, 1.807) is 13.2 Å². The summed E-state index contributed by atoms with van der Waals surface area (Å²) in [5, 5.41) is 0. The fourth-order valence-corrected chi connectivity index (χ4v) is 1.18. The number of likely N-dealkylation sites (N-methyl/N-ethyl adjacent to an activating group) is 1. The summed E-state index contributed by atoms with van der Waals surface area (Å²) in [5.74, 6) is -0.0550. The van der Waals surface area contributed by atoms with Crippen LogP contribution in [0.3, 0.4) is 0 Å². The van der Waals surface area contributed by atoms with E-state index in [9.17, 15) is 4.79 Å². The van der Waals surface area contributed by atoms with E-state index in [0.717, 1.165) is 11.4 Å². The molecule has 0 unspecified atom stereocenters. The number of carbonyl (C=O) groups excluding carboxylic acids is 1. The third-order valence-corrected chi connectivity index (χ3v) is 1.91. The van der Waals surface area contributed by atoms with Gasteiger partial charge in [-0.25, -0.2) is 9.78 Å². The van der Waals surface area contributed by atoms with Crippen LogP contribution in [0.4, 0.5) is 0 Å². The Morgan fingerprint density at radius 2 is 2.31 bits per heavy atom. The molecule has 1 aliphatic rings. The zero-order valence-electron chi connectivity index (χ0n) is 7.19. The highest BCUT2D eigenvalue weighted by atomic mass is 16.2. The van der Waals surface area contributed by atoms with Crippen molar-refractivity contribution in [2.24, 2.45) is 0 Å². The SMILES string of the molecule is C[N+]1=C(c2ccccn2)[C]=CC1=O. The first kappa shape index (κ1) is 7.86. The number of nitrogens with zero attached hydrogens (tertiary/aromatic N) is 2. The maximum atomic E-state index is 11.1. The molecule has 1 amide bonds. The van der Waals surface area contributed by atoms with Crippen molar-refractivity contribution in [1.82, 2.24) is 4.98 Å². The number of rotatable bonds is 1. The molecule has 0 saturated heterocycles. The first-order valence-electron chi connectivity index (χ1n) is 3.95. The number of allylic oxidation sites excluding steroid dienone is 1. The second kappa shape index (κ2) is 2.94. The molecule has 0 N–H and O–H groups in total. The van der Waals surface area contributed by atoms with E-state index < -0.39 is 0 Å². The Morgan fingerprint density at radius 1 is 1.46 bits per heavy atom. The first-order valence-corrected chi connectivity index (χ1v) is 3.95. The predicted octanol–water partition coefficient (Wildman–Crippen LogP) is 0.413. The largest absolute Gasteiger partial charge is 0.413 e. The van der Waals surface area contributed by atoms with Gasteiger partial charge in [0.2, 0.25) is 5.71 Å². The highest BCUT2D eigenvalue weighted by Crippen LogP contribution is 2.02. The van der Waals surface area contributed by atoms with E-state index in [2.05, 4.69) is 11.1 Å². The maximum Gasteiger partial charge on any atom is 0.413 e. The fraction of sp³-hybridized carbons (Fsp3) is 0.100. The molecule has 13 heavy (non-hydrogen) atoms. The quantitative estimate of drug-likeness (QED) is 0.575. The topological polar surface area (TPSA) is 33.0 Å². The number of hydrogen-bond acceptors (Lipinski definition) is 2. The Morgan fingerprint density at radius 3 is 2.85 bits per heavy atom.